The number of rotatable bonds is 4. The summed E-state index contributed by atoms with van der Waals surface area (Å²) < 4.78 is 0. The molecule has 86 valence electrons. The van der Waals surface area contributed by atoms with Crippen molar-refractivity contribution in [2.24, 2.45) is 5.92 Å². The molecule has 0 aromatic heterocycles. The second-order valence-corrected chi connectivity index (χ2v) is 4.93. The lowest BCUT2D eigenvalue weighted by atomic mass is 9.82. The molecule has 0 radical (unpaired) electrons. The third kappa shape index (κ3) is 3.49. The van der Waals surface area contributed by atoms with Crippen molar-refractivity contribution in [1.82, 2.24) is 10.6 Å². The minimum atomic E-state index is 0.272. The van der Waals surface area contributed by atoms with Gasteiger partial charge in [-0.25, -0.2) is 0 Å². The van der Waals surface area contributed by atoms with E-state index in [4.69, 9.17) is 0 Å². The van der Waals surface area contributed by atoms with Crippen LogP contribution in [0.25, 0.3) is 0 Å². The Labute approximate surface area is 92.0 Å². The first-order valence-corrected chi connectivity index (χ1v) is 6.34. The summed E-state index contributed by atoms with van der Waals surface area (Å²) in [5, 5.41) is 6.45. The molecular weight excluding hydrogens is 188 g/mol. The quantitative estimate of drug-likeness (QED) is 0.737. The maximum Gasteiger partial charge on any atom is 0.220 e. The van der Waals surface area contributed by atoms with Crippen LogP contribution in [0.3, 0.4) is 0 Å². The van der Waals surface area contributed by atoms with Crippen LogP contribution in [0.2, 0.25) is 0 Å². The summed E-state index contributed by atoms with van der Waals surface area (Å²) in [4.78, 5) is 11.6. The standard InChI is InChI=1S/C12H22N2O/c15-12(5-4-10-2-1-3-10)14-11-6-8-13-9-7-11/h10-11,13H,1-9H2,(H,14,15). The molecule has 2 rings (SSSR count). The van der Waals surface area contributed by atoms with E-state index in [9.17, 15) is 4.79 Å². The fourth-order valence-corrected chi connectivity index (χ4v) is 2.38. The van der Waals surface area contributed by atoms with Crippen molar-refractivity contribution < 1.29 is 4.79 Å². The molecule has 2 N–H and O–H groups in total. The zero-order chi connectivity index (χ0) is 10.5. The first kappa shape index (κ1) is 10.9. The van der Waals surface area contributed by atoms with Gasteiger partial charge in [-0.15, -0.1) is 0 Å². The third-order valence-corrected chi connectivity index (χ3v) is 3.71. The predicted molar refractivity (Wildman–Crippen MR) is 60.6 cm³/mol. The number of hydrogen-bond donors (Lipinski definition) is 2. The van der Waals surface area contributed by atoms with Crippen LogP contribution < -0.4 is 10.6 Å². The topological polar surface area (TPSA) is 41.1 Å². The smallest absolute Gasteiger partial charge is 0.220 e. The van der Waals surface area contributed by atoms with E-state index >= 15 is 0 Å². The van der Waals surface area contributed by atoms with Crippen LogP contribution in [0.1, 0.15) is 44.9 Å². The molecule has 15 heavy (non-hydrogen) atoms. The van der Waals surface area contributed by atoms with E-state index in [2.05, 4.69) is 10.6 Å². The van der Waals surface area contributed by atoms with Crippen molar-refractivity contribution in [2.75, 3.05) is 13.1 Å². The van der Waals surface area contributed by atoms with Crippen molar-refractivity contribution in [2.45, 2.75) is 51.0 Å². The molecule has 0 unspecified atom stereocenters. The summed E-state index contributed by atoms with van der Waals surface area (Å²) >= 11 is 0. The summed E-state index contributed by atoms with van der Waals surface area (Å²) in [6.45, 7) is 2.10. The second kappa shape index (κ2) is 5.50. The summed E-state index contributed by atoms with van der Waals surface area (Å²) in [6.07, 6.45) is 8.11. The molecule has 2 aliphatic rings. The van der Waals surface area contributed by atoms with Gasteiger partial charge in [-0.1, -0.05) is 19.3 Å². The Morgan fingerprint density at radius 1 is 1.20 bits per heavy atom. The molecule has 1 aliphatic heterocycles. The molecular formula is C12H22N2O. The Morgan fingerprint density at radius 3 is 2.53 bits per heavy atom. The van der Waals surface area contributed by atoms with Gasteiger partial charge in [0, 0.05) is 12.5 Å². The van der Waals surface area contributed by atoms with Crippen LogP contribution >= 0.6 is 0 Å². The van der Waals surface area contributed by atoms with Gasteiger partial charge in [-0.2, -0.15) is 0 Å². The Balaban J connectivity index is 1.58. The molecule has 3 heteroatoms. The average molecular weight is 210 g/mol. The molecule has 2 fully saturated rings. The molecule has 0 bridgehead atoms. The maximum atomic E-state index is 11.6. The van der Waals surface area contributed by atoms with Crippen LogP contribution in [-0.2, 0) is 4.79 Å². The highest BCUT2D eigenvalue weighted by atomic mass is 16.1. The minimum absolute atomic E-state index is 0.272. The van der Waals surface area contributed by atoms with E-state index in [1.54, 1.807) is 0 Å². The van der Waals surface area contributed by atoms with Crippen LogP contribution in [0.15, 0.2) is 0 Å². The maximum absolute atomic E-state index is 11.6. The number of amides is 1. The van der Waals surface area contributed by atoms with Gasteiger partial charge in [0.2, 0.25) is 5.91 Å². The SMILES string of the molecule is O=C(CCC1CCC1)NC1CCNCC1. The average Bonchev–Trinajstić information content (AvgIpc) is 2.17. The monoisotopic (exact) mass is 210 g/mol. The van der Waals surface area contributed by atoms with Gasteiger partial charge in [0.05, 0.1) is 0 Å². The Hall–Kier alpha value is -0.570. The van der Waals surface area contributed by atoms with Crippen molar-refractivity contribution in [3.05, 3.63) is 0 Å². The number of carbonyl (C=O) groups excluding carboxylic acids is 1. The van der Waals surface area contributed by atoms with Gasteiger partial charge in [0.1, 0.15) is 0 Å². The van der Waals surface area contributed by atoms with E-state index in [1.807, 2.05) is 0 Å². The first-order valence-electron chi connectivity index (χ1n) is 6.34. The molecule has 0 aromatic carbocycles. The lowest BCUT2D eigenvalue weighted by Crippen LogP contribution is -2.42. The largest absolute Gasteiger partial charge is 0.353 e. The molecule has 1 amide bonds. The van der Waals surface area contributed by atoms with Crippen molar-refractivity contribution >= 4 is 5.91 Å². The highest BCUT2D eigenvalue weighted by molar-refractivity contribution is 5.76. The van der Waals surface area contributed by atoms with Crippen molar-refractivity contribution in [1.29, 1.82) is 0 Å². The molecule has 1 aliphatic carbocycles. The zero-order valence-corrected chi connectivity index (χ0v) is 9.43. The number of piperidine rings is 1. The highest BCUT2D eigenvalue weighted by Gasteiger charge is 2.20. The van der Waals surface area contributed by atoms with Crippen molar-refractivity contribution in [3.63, 3.8) is 0 Å². The lowest BCUT2D eigenvalue weighted by Gasteiger charge is -2.26. The third-order valence-electron chi connectivity index (χ3n) is 3.71. The summed E-state index contributed by atoms with van der Waals surface area (Å²) in [5.74, 6) is 1.12. The summed E-state index contributed by atoms with van der Waals surface area (Å²) in [6, 6.07) is 0.431. The molecule has 1 saturated carbocycles. The first-order chi connectivity index (χ1) is 7.34. The minimum Gasteiger partial charge on any atom is -0.353 e. The second-order valence-electron chi connectivity index (χ2n) is 4.93. The molecule has 0 atom stereocenters. The fourth-order valence-electron chi connectivity index (χ4n) is 2.38. The van der Waals surface area contributed by atoms with E-state index in [1.165, 1.54) is 19.3 Å². The predicted octanol–water partition coefficient (Wildman–Crippen LogP) is 1.43. The van der Waals surface area contributed by atoms with Gasteiger partial charge in [0.15, 0.2) is 0 Å². The van der Waals surface area contributed by atoms with E-state index in [-0.39, 0.29) is 5.91 Å². The molecule has 0 spiro atoms. The van der Waals surface area contributed by atoms with E-state index in [0.717, 1.165) is 44.7 Å². The number of carbonyl (C=O) groups is 1. The van der Waals surface area contributed by atoms with Gasteiger partial charge < -0.3 is 10.6 Å². The lowest BCUT2D eigenvalue weighted by molar-refractivity contribution is -0.122. The van der Waals surface area contributed by atoms with E-state index < -0.39 is 0 Å². The fraction of sp³-hybridized carbons (Fsp3) is 0.917. The molecule has 3 nitrogen and oxygen atoms in total. The van der Waals surface area contributed by atoms with Crippen LogP contribution in [0, 0.1) is 5.92 Å². The Kier molecular flexibility index (Phi) is 4.01. The number of hydrogen-bond acceptors (Lipinski definition) is 2. The normalized spacial score (nSPS) is 23.5. The van der Waals surface area contributed by atoms with E-state index in [0.29, 0.717) is 6.04 Å². The van der Waals surface area contributed by atoms with Gasteiger partial charge >= 0.3 is 0 Å². The molecule has 1 saturated heterocycles. The van der Waals surface area contributed by atoms with Gasteiger partial charge in [-0.05, 0) is 38.3 Å². The van der Waals surface area contributed by atoms with Crippen LogP contribution in [0.5, 0.6) is 0 Å². The van der Waals surface area contributed by atoms with Gasteiger partial charge in [-0.3, -0.25) is 4.79 Å². The van der Waals surface area contributed by atoms with Crippen LogP contribution in [-0.4, -0.2) is 25.0 Å². The summed E-state index contributed by atoms with van der Waals surface area (Å²) in [7, 11) is 0. The highest BCUT2D eigenvalue weighted by Crippen LogP contribution is 2.30. The van der Waals surface area contributed by atoms with Gasteiger partial charge in [0.25, 0.3) is 0 Å². The zero-order valence-electron chi connectivity index (χ0n) is 9.43. The number of nitrogens with one attached hydrogen (secondary N) is 2. The van der Waals surface area contributed by atoms with Crippen LogP contribution in [0.4, 0.5) is 0 Å². The Morgan fingerprint density at radius 2 is 1.93 bits per heavy atom. The molecule has 1 heterocycles. The van der Waals surface area contributed by atoms with Crippen molar-refractivity contribution in [3.8, 4) is 0 Å². The Bertz CT molecular complexity index is 208. The summed E-state index contributed by atoms with van der Waals surface area (Å²) in [5.41, 5.74) is 0. The molecule has 0 aromatic rings.